The average molecular weight is 143 g/mol. The number of hydrogen-bond donors (Lipinski definition) is 0. The summed E-state index contributed by atoms with van der Waals surface area (Å²) in [4.78, 5) is 3.91. The molecule has 2 atom stereocenters. The molecule has 1 heterocycles. The number of rotatable bonds is 1. The first-order valence-corrected chi connectivity index (χ1v) is 3.42. The van der Waals surface area contributed by atoms with E-state index in [0.717, 1.165) is 6.42 Å². The molecule has 1 saturated heterocycles. The Morgan fingerprint density at radius 3 is 3.00 bits per heavy atom. The van der Waals surface area contributed by atoms with E-state index in [0.29, 0.717) is 12.7 Å². The van der Waals surface area contributed by atoms with E-state index in [1.807, 2.05) is 6.92 Å². The molecule has 0 bridgehead atoms. The quantitative estimate of drug-likeness (QED) is 0.407. The normalized spacial score (nSPS) is 33.9. The van der Waals surface area contributed by atoms with Gasteiger partial charge in [-0.1, -0.05) is 0 Å². The Balaban J connectivity index is 2.38. The molecule has 1 fully saturated rings. The summed E-state index contributed by atoms with van der Waals surface area (Å²) in [6.45, 7) is 2.75. The van der Waals surface area contributed by atoms with Crippen molar-refractivity contribution in [3.05, 3.63) is 0 Å². The highest BCUT2D eigenvalue weighted by molar-refractivity contribution is 7.78. The number of thiocarbonyl (C=S) groups is 1. The van der Waals surface area contributed by atoms with E-state index in [-0.39, 0.29) is 6.04 Å². The van der Waals surface area contributed by atoms with E-state index in [2.05, 4.69) is 22.4 Å². The Labute approximate surface area is 59.9 Å². The summed E-state index contributed by atoms with van der Waals surface area (Å²) >= 11 is 4.46. The average Bonchev–Trinajstić information content (AvgIpc) is 2.17. The fourth-order valence-corrected chi connectivity index (χ4v) is 1.11. The second-order valence-electron chi connectivity index (χ2n) is 2.25. The minimum atomic E-state index is 0.275. The van der Waals surface area contributed by atoms with Gasteiger partial charge in [0.15, 0.2) is 0 Å². The van der Waals surface area contributed by atoms with Gasteiger partial charge in [0, 0.05) is 0 Å². The van der Waals surface area contributed by atoms with Gasteiger partial charge in [-0.25, -0.2) is 4.99 Å². The second-order valence-corrected chi connectivity index (χ2v) is 2.44. The maximum Gasteiger partial charge on any atom is 0.0860 e. The van der Waals surface area contributed by atoms with Crippen molar-refractivity contribution < 1.29 is 4.74 Å². The molecule has 1 rings (SSSR count). The van der Waals surface area contributed by atoms with Crippen molar-refractivity contribution in [1.82, 2.24) is 0 Å². The van der Waals surface area contributed by atoms with Crippen molar-refractivity contribution in [2.45, 2.75) is 25.5 Å². The zero-order valence-electron chi connectivity index (χ0n) is 5.33. The first-order valence-electron chi connectivity index (χ1n) is 3.01. The summed E-state index contributed by atoms with van der Waals surface area (Å²) in [6.07, 6.45) is 1.34. The van der Waals surface area contributed by atoms with E-state index in [9.17, 15) is 0 Å². The van der Waals surface area contributed by atoms with Crippen LogP contribution in [0.25, 0.3) is 0 Å². The lowest BCUT2D eigenvalue weighted by atomic mass is 10.2. The van der Waals surface area contributed by atoms with Crippen LogP contribution in [0.4, 0.5) is 0 Å². The van der Waals surface area contributed by atoms with Gasteiger partial charge in [0.1, 0.15) is 0 Å². The number of nitrogens with zero attached hydrogens (tertiary/aromatic N) is 1. The van der Waals surface area contributed by atoms with Crippen LogP contribution in [0.2, 0.25) is 0 Å². The number of aliphatic imine (C=N–C) groups is 1. The molecule has 0 aromatic carbocycles. The summed E-state index contributed by atoms with van der Waals surface area (Å²) in [5.74, 6) is 0. The van der Waals surface area contributed by atoms with Crippen LogP contribution in [0.3, 0.4) is 0 Å². The van der Waals surface area contributed by atoms with Gasteiger partial charge in [0.25, 0.3) is 0 Å². The molecule has 1 aliphatic heterocycles. The van der Waals surface area contributed by atoms with Crippen molar-refractivity contribution in [3.63, 3.8) is 0 Å². The van der Waals surface area contributed by atoms with Gasteiger partial charge < -0.3 is 4.74 Å². The minimum Gasteiger partial charge on any atom is -0.376 e. The van der Waals surface area contributed by atoms with Gasteiger partial charge in [0.2, 0.25) is 0 Å². The maximum absolute atomic E-state index is 5.24. The molecule has 0 aromatic rings. The van der Waals surface area contributed by atoms with Crippen molar-refractivity contribution >= 4 is 17.4 Å². The van der Waals surface area contributed by atoms with Crippen molar-refractivity contribution in [3.8, 4) is 0 Å². The van der Waals surface area contributed by atoms with Gasteiger partial charge in [-0.05, 0) is 25.6 Å². The molecule has 0 radical (unpaired) electrons. The van der Waals surface area contributed by atoms with E-state index >= 15 is 0 Å². The molecular formula is C6H9NOS. The SMILES string of the molecule is CC1CC(N=C=S)CO1. The Bertz CT molecular complexity index is 142. The Morgan fingerprint density at radius 1 is 1.78 bits per heavy atom. The molecule has 2 nitrogen and oxygen atoms in total. The predicted molar refractivity (Wildman–Crippen MR) is 38.8 cm³/mol. The number of hydrogen-bond acceptors (Lipinski definition) is 3. The fourth-order valence-electron chi connectivity index (χ4n) is 0.959. The first kappa shape index (κ1) is 6.87. The highest BCUT2D eigenvalue weighted by atomic mass is 32.1. The van der Waals surface area contributed by atoms with Crippen LogP contribution in [0.1, 0.15) is 13.3 Å². The molecule has 0 amide bonds. The van der Waals surface area contributed by atoms with Gasteiger partial charge in [-0.2, -0.15) is 0 Å². The molecule has 1 aliphatic rings. The second kappa shape index (κ2) is 3.06. The molecule has 0 saturated carbocycles. The lowest BCUT2D eigenvalue weighted by Crippen LogP contribution is -2.01. The van der Waals surface area contributed by atoms with Crippen molar-refractivity contribution in [2.24, 2.45) is 4.99 Å². The highest BCUT2D eigenvalue weighted by Crippen LogP contribution is 2.14. The van der Waals surface area contributed by atoms with Gasteiger partial charge >= 0.3 is 0 Å². The topological polar surface area (TPSA) is 21.6 Å². The predicted octanol–water partition coefficient (Wildman–Crippen LogP) is 1.27. The Morgan fingerprint density at radius 2 is 2.56 bits per heavy atom. The summed E-state index contributed by atoms with van der Waals surface area (Å²) in [7, 11) is 0. The molecule has 0 aliphatic carbocycles. The van der Waals surface area contributed by atoms with Crippen LogP contribution in [-0.4, -0.2) is 23.9 Å². The van der Waals surface area contributed by atoms with E-state index in [1.165, 1.54) is 0 Å². The van der Waals surface area contributed by atoms with E-state index in [4.69, 9.17) is 4.74 Å². The van der Waals surface area contributed by atoms with E-state index < -0.39 is 0 Å². The lowest BCUT2D eigenvalue weighted by molar-refractivity contribution is 0.124. The fraction of sp³-hybridized carbons (Fsp3) is 0.833. The van der Waals surface area contributed by atoms with Gasteiger partial charge in [-0.3, -0.25) is 0 Å². The first-order chi connectivity index (χ1) is 4.33. The van der Waals surface area contributed by atoms with Gasteiger partial charge in [-0.15, -0.1) is 0 Å². The number of isothiocyanates is 1. The van der Waals surface area contributed by atoms with Crippen LogP contribution < -0.4 is 0 Å². The van der Waals surface area contributed by atoms with Crippen LogP contribution in [-0.2, 0) is 4.74 Å². The molecule has 3 heteroatoms. The summed E-state index contributed by atoms with van der Waals surface area (Å²) < 4.78 is 5.24. The Hall–Kier alpha value is -0.240. The summed E-state index contributed by atoms with van der Waals surface area (Å²) in [5.41, 5.74) is 0. The van der Waals surface area contributed by atoms with Crippen molar-refractivity contribution in [2.75, 3.05) is 6.61 Å². The lowest BCUT2D eigenvalue weighted by Gasteiger charge is -1.94. The van der Waals surface area contributed by atoms with Crippen LogP contribution >= 0.6 is 12.2 Å². The molecule has 0 aromatic heterocycles. The van der Waals surface area contributed by atoms with Gasteiger partial charge in [0.05, 0.1) is 23.9 Å². The molecular weight excluding hydrogens is 134 g/mol. The molecule has 2 unspecified atom stereocenters. The zero-order valence-corrected chi connectivity index (χ0v) is 6.15. The third kappa shape index (κ3) is 1.86. The highest BCUT2D eigenvalue weighted by Gasteiger charge is 2.20. The molecule has 0 N–H and O–H groups in total. The van der Waals surface area contributed by atoms with E-state index in [1.54, 1.807) is 0 Å². The molecule has 9 heavy (non-hydrogen) atoms. The molecule has 0 spiro atoms. The smallest absolute Gasteiger partial charge is 0.0860 e. The summed E-state index contributed by atoms with van der Waals surface area (Å²) in [6, 6.07) is 0.275. The summed E-state index contributed by atoms with van der Waals surface area (Å²) in [5, 5.41) is 2.36. The molecule has 50 valence electrons. The van der Waals surface area contributed by atoms with Crippen LogP contribution in [0.5, 0.6) is 0 Å². The monoisotopic (exact) mass is 143 g/mol. The standard InChI is InChI=1S/C6H9NOS/c1-5-2-6(3-8-5)7-4-9/h5-6H,2-3H2,1H3. The third-order valence-electron chi connectivity index (χ3n) is 1.41. The minimum absolute atomic E-state index is 0.275. The number of ether oxygens (including phenoxy) is 1. The maximum atomic E-state index is 5.24. The largest absolute Gasteiger partial charge is 0.376 e. The Kier molecular flexibility index (Phi) is 2.34. The van der Waals surface area contributed by atoms with Crippen LogP contribution in [0.15, 0.2) is 4.99 Å². The zero-order chi connectivity index (χ0) is 6.69. The third-order valence-corrected chi connectivity index (χ3v) is 1.52. The van der Waals surface area contributed by atoms with Crippen molar-refractivity contribution in [1.29, 1.82) is 0 Å². The van der Waals surface area contributed by atoms with Crippen LogP contribution in [0, 0.1) is 0 Å².